The van der Waals surface area contributed by atoms with Gasteiger partial charge < -0.3 is 15.4 Å². The van der Waals surface area contributed by atoms with E-state index < -0.39 is 5.82 Å². The molecule has 0 aliphatic carbocycles. The smallest absolute Gasteiger partial charge is 0.227 e. The maximum atomic E-state index is 13.7. The fraction of sp³-hybridized carbons (Fsp3) is 0.533. The van der Waals surface area contributed by atoms with Gasteiger partial charge in [-0.05, 0) is 44.5 Å². The first kappa shape index (κ1) is 14.8. The molecule has 110 valence electrons. The summed E-state index contributed by atoms with van der Waals surface area (Å²) in [6, 6.07) is 4.51. The van der Waals surface area contributed by atoms with Gasteiger partial charge in [-0.3, -0.25) is 4.79 Å². The van der Waals surface area contributed by atoms with Crippen molar-refractivity contribution in [3.8, 4) is 5.75 Å². The summed E-state index contributed by atoms with van der Waals surface area (Å²) in [4.78, 5) is 12.3. The molecule has 1 amide bonds. The molecule has 1 fully saturated rings. The first-order chi connectivity index (χ1) is 9.46. The number of hydrogen-bond acceptors (Lipinski definition) is 3. The van der Waals surface area contributed by atoms with Crippen molar-refractivity contribution in [1.82, 2.24) is 10.6 Å². The number of methoxy groups -OCH3 is 1. The van der Waals surface area contributed by atoms with E-state index in [1.54, 1.807) is 12.1 Å². The lowest BCUT2D eigenvalue weighted by Gasteiger charge is -2.24. The van der Waals surface area contributed by atoms with Gasteiger partial charge in [0.25, 0.3) is 0 Å². The van der Waals surface area contributed by atoms with Crippen LogP contribution in [0.15, 0.2) is 18.2 Å². The Kier molecular flexibility index (Phi) is 4.28. The summed E-state index contributed by atoms with van der Waals surface area (Å²) in [5.41, 5.74) is 0.352. The first-order valence-corrected chi connectivity index (χ1v) is 6.81. The van der Waals surface area contributed by atoms with Crippen LogP contribution in [0.3, 0.4) is 0 Å². The van der Waals surface area contributed by atoms with E-state index in [0.717, 1.165) is 18.5 Å². The Balaban J connectivity index is 2.06. The van der Waals surface area contributed by atoms with E-state index in [1.165, 1.54) is 13.2 Å². The Bertz CT molecular complexity index is 499. The second-order valence-corrected chi connectivity index (χ2v) is 5.58. The fourth-order valence-electron chi connectivity index (χ4n) is 2.42. The van der Waals surface area contributed by atoms with Crippen LogP contribution in [0.25, 0.3) is 0 Å². The molecular formula is C15H21FN2O2. The van der Waals surface area contributed by atoms with Crippen LogP contribution in [0.2, 0.25) is 0 Å². The van der Waals surface area contributed by atoms with Crippen molar-refractivity contribution < 1.29 is 13.9 Å². The zero-order valence-electron chi connectivity index (χ0n) is 12.1. The van der Waals surface area contributed by atoms with E-state index in [2.05, 4.69) is 10.6 Å². The molecule has 1 aliphatic rings. The minimum atomic E-state index is -0.417. The van der Waals surface area contributed by atoms with E-state index in [1.807, 2.05) is 13.8 Å². The maximum absolute atomic E-state index is 13.7. The van der Waals surface area contributed by atoms with Crippen LogP contribution in [0, 0.1) is 11.2 Å². The lowest BCUT2D eigenvalue weighted by Crippen LogP contribution is -2.41. The normalized spacial score (nSPS) is 23.4. The number of ether oxygens (including phenoxy) is 1. The number of hydrogen-bond donors (Lipinski definition) is 2. The van der Waals surface area contributed by atoms with Crippen LogP contribution in [0.5, 0.6) is 5.75 Å². The standard InChI is InChI=1S/C15H21FN2O2/c1-10(11-4-5-13(20-3)12(16)8-11)18-14(19)15(2)6-7-17-9-15/h4-5,8,10,17H,6-7,9H2,1-3H3,(H,18,19). The predicted octanol–water partition coefficient (Wildman–Crippen LogP) is 2.01. The van der Waals surface area contributed by atoms with Crippen LogP contribution in [-0.4, -0.2) is 26.1 Å². The molecule has 0 saturated carbocycles. The third-order valence-electron chi connectivity index (χ3n) is 3.94. The fourth-order valence-corrected chi connectivity index (χ4v) is 2.42. The van der Waals surface area contributed by atoms with Crippen molar-refractivity contribution in [2.75, 3.05) is 20.2 Å². The Morgan fingerprint density at radius 3 is 2.85 bits per heavy atom. The molecule has 1 aromatic rings. The average molecular weight is 280 g/mol. The van der Waals surface area contributed by atoms with Crippen LogP contribution in [0.4, 0.5) is 4.39 Å². The molecule has 1 saturated heterocycles. The molecule has 0 spiro atoms. The van der Waals surface area contributed by atoms with Gasteiger partial charge in [0.15, 0.2) is 11.6 Å². The second kappa shape index (κ2) is 5.79. The van der Waals surface area contributed by atoms with E-state index in [9.17, 15) is 9.18 Å². The van der Waals surface area contributed by atoms with Crippen molar-refractivity contribution in [3.63, 3.8) is 0 Å². The number of rotatable bonds is 4. The lowest BCUT2D eigenvalue weighted by molar-refractivity contribution is -0.129. The molecule has 2 N–H and O–H groups in total. The molecule has 0 bridgehead atoms. The molecule has 20 heavy (non-hydrogen) atoms. The number of carbonyl (C=O) groups excluding carboxylic acids is 1. The largest absolute Gasteiger partial charge is 0.494 e. The second-order valence-electron chi connectivity index (χ2n) is 5.58. The van der Waals surface area contributed by atoms with Gasteiger partial charge >= 0.3 is 0 Å². The van der Waals surface area contributed by atoms with Crippen molar-refractivity contribution in [2.24, 2.45) is 5.41 Å². The van der Waals surface area contributed by atoms with Gasteiger partial charge in [-0.15, -0.1) is 0 Å². The first-order valence-electron chi connectivity index (χ1n) is 6.81. The van der Waals surface area contributed by atoms with Gasteiger partial charge in [0.1, 0.15) is 0 Å². The molecule has 5 heteroatoms. The number of nitrogens with one attached hydrogen (secondary N) is 2. The summed E-state index contributed by atoms with van der Waals surface area (Å²) in [5.74, 6) is -0.203. The topological polar surface area (TPSA) is 50.4 Å². The van der Waals surface area contributed by atoms with Gasteiger partial charge in [-0.25, -0.2) is 4.39 Å². The molecule has 0 aromatic heterocycles. The number of halogens is 1. The van der Waals surface area contributed by atoms with Gasteiger partial charge in [0.2, 0.25) is 5.91 Å². The van der Waals surface area contributed by atoms with Gasteiger partial charge in [-0.2, -0.15) is 0 Å². The minimum Gasteiger partial charge on any atom is -0.494 e. The highest BCUT2D eigenvalue weighted by molar-refractivity contribution is 5.83. The number of carbonyl (C=O) groups is 1. The molecule has 0 radical (unpaired) electrons. The predicted molar refractivity (Wildman–Crippen MR) is 75.1 cm³/mol. The lowest BCUT2D eigenvalue weighted by atomic mass is 9.88. The highest BCUT2D eigenvalue weighted by Crippen LogP contribution is 2.27. The third kappa shape index (κ3) is 2.93. The molecule has 2 rings (SSSR count). The van der Waals surface area contributed by atoms with Crippen molar-refractivity contribution in [1.29, 1.82) is 0 Å². The summed E-state index contributed by atoms with van der Waals surface area (Å²) in [7, 11) is 1.43. The quantitative estimate of drug-likeness (QED) is 0.887. The summed E-state index contributed by atoms with van der Waals surface area (Å²) >= 11 is 0. The van der Waals surface area contributed by atoms with Crippen LogP contribution >= 0.6 is 0 Å². The molecule has 4 nitrogen and oxygen atoms in total. The highest BCUT2D eigenvalue weighted by atomic mass is 19.1. The van der Waals surface area contributed by atoms with E-state index in [0.29, 0.717) is 6.54 Å². The van der Waals surface area contributed by atoms with Gasteiger partial charge in [0.05, 0.1) is 18.6 Å². The Morgan fingerprint density at radius 1 is 1.55 bits per heavy atom. The van der Waals surface area contributed by atoms with Gasteiger partial charge in [-0.1, -0.05) is 6.07 Å². The Labute approximate surface area is 118 Å². The van der Waals surface area contributed by atoms with Crippen LogP contribution in [0.1, 0.15) is 31.9 Å². The summed E-state index contributed by atoms with van der Waals surface area (Å²) < 4.78 is 18.6. The Hall–Kier alpha value is -1.62. The number of amides is 1. The van der Waals surface area contributed by atoms with Crippen molar-refractivity contribution >= 4 is 5.91 Å². The highest BCUT2D eigenvalue weighted by Gasteiger charge is 2.36. The van der Waals surface area contributed by atoms with E-state index in [-0.39, 0.29) is 23.1 Å². The minimum absolute atomic E-state index is 0.00577. The summed E-state index contributed by atoms with van der Waals surface area (Å²) in [6.07, 6.45) is 0.822. The molecule has 1 aliphatic heterocycles. The number of benzene rings is 1. The van der Waals surface area contributed by atoms with Crippen LogP contribution < -0.4 is 15.4 Å². The Morgan fingerprint density at radius 2 is 2.30 bits per heavy atom. The van der Waals surface area contributed by atoms with Crippen LogP contribution in [-0.2, 0) is 4.79 Å². The monoisotopic (exact) mass is 280 g/mol. The van der Waals surface area contributed by atoms with Crippen molar-refractivity contribution in [3.05, 3.63) is 29.6 Å². The van der Waals surface area contributed by atoms with E-state index in [4.69, 9.17) is 4.74 Å². The molecular weight excluding hydrogens is 259 g/mol. The molecule has 1 heterocycles. The third-order valence-corrected chi connectivity index (χ3v) is 3.94. The van der Waals surface area contributed by atoms with E-state index >= 15 is 0 Å². The van der Waals surface area contributed by atoms with Gasteiger partial charge in [0, 0.05) is 6.54 Å². The maximum Gasteiger partial charge on any atom is 0.227 e. The molecule has 2 atom stereocenters. The zero-order chi connectivity index (χ0) is 14.8. The zero-order valence-corrected chi connectivity index (χ0v) is 12.1. The SMILES string of the molecule is COc1ccc(C(C)NC(=O)C2(C)CCNC2)cc1F. The summed E-state index contributed by atoms with van der Waals surface area (Å²) in [6.45, 7) is 5.34. The van der Waals surface area contributed by atoms with Crippen molar-refractivity contribution in [2.45, 2.75) is 26.3 Å². The molecule has 1 aromatic carbocycles. The molecule has 2 unspecified atom stereocenters. The summed E-state index contributed by atoms with van der Waals surface area (Å²) in [5, 5.41) is 6.15. The average Bonchev–Trinajstić information content (AvgIpc) is 2.87.